The predicted octanol–water partition coefficient (Wildman–Crippen LogP) is 1.24. The molecular weight excluding hydrogens is 240 g/mol. The lowest BCUT2D eigenvalue weighted by molar-refractivity contribution is 0.0323. The van der Waals surface area contributed by atoms with Crippen LogP contribution in [0.5, 0.6) is 0 Å². The zero-order valence-electron chi connectivity index (χ0n) is 12.3. The van der Waals surface area contributed by atoms with Crippen LogP contribution in [0.3, 0.4) is 0 Å². The zero-order chi connectivity index (χ0) is 13.5. The zero-order valence-corrected chi connectivity index (χ0v) is 12.3. The van der Waals surface area contributed by atoms with E-state index >= 15 is 0 Å². The molecule has 0 aromatic rings. The minimum atomic E-state index is -0.365. The molecule has 4 heteroatoms. The van der Waals surface area contributed by atoms with Gasteiger partial charge in [-0.15, -0.1) is 0 Å². The van der Waals surface area contributed by atoms with Crippen LogP contribution in [0.4, 0.5) is 0 Å². The number of likely N-dealkylation sites (N-methyl/N-ethyl adjacent to an activating group) is 1. The summed E-state index contributed by atoms with van der Waals surface area (Å²) in [7, 11) is 2.22. The first-order valence-electron chi connectivity index (χ1n) is 7.92. The number of hydrogen-bond acceptors (Lipinski definition) is 4. The lowest BCUT2D eigenvalue weighted by atomic mass is 10.2. The van der Waals surface area contributed by atoms with Crippen molar-refractivity contribution in [2.45, 2.75) is 50.7 Å². The largest absolute Gasteiger partial charge is 0.389 e. The molecule has 2 aliphatic rings. The highest BCUT2D eigenvalue weighted by Crippen LogP contribution is 2.28. The Kier molecular flexibility index (Phi) is 6.57. The van der Waals surface area contributed by atoms with Crippen LogP contribution in [-0.4, -0.2) is 62.0 Å². The fraction of sp³-hybridized carbons (Fsp3) is 1.00. The highest BCUT2D eigenvalue weighted by Gasteiger charge is 2.21. The lowest BCUT2D eigenvalue weighted by Gasteiger charge is -2.24. The van der Waals surface area contributed by atoms with Crippen LogP contribution in [0, 0.1) is 5.92 Å². The first-order chi connectivity index (χ1) is 9.25. The molecule has 2 saturated carbocycles. The molecule has 0 aromatic carbocycles. The van der Waals surface area contributed by atoms with Crippen molar-refractivity contribution in [3.63, 3.8) is 0 Å². The molecule has 0 radical (unpaired) electrons. The molecule has 2 N–H and O–H groups in total. The Morgan fingerprint density at radius 1 is 1.26 bits per heavy atom. The van der Waals surface area contributed by atoms with Crippen molar-refractivity contribution in [3.05, 3.63) is 0 Å². The summed E-state index contributed by atoms with van der Waals surface area (Å²) in [4.78, 5) is 2.45. The second kappa shape index (κ2) is 8.20. The third kappa shape index (κ3) is 6.21. The highest BCUT2D eigenvalue weighted by molar-refractivity contribution is 4.75. The molecule has 112 valence electrons. The van der Waals surface area contributed by atoms with Crippen LogP contribution in [0.1, 0.15) is 38.5 Å². The van der Waals surface area contributed by atoms with Crippen LogP contribution < -0.4 is 5.32 Å². The summed E-state index contributed by atoms with van der Waals surface area (Å²) in [6.45, 7) is 3.97. The quantitative estimate of drug-likeness (QED) is 0.586. The van der Waals surface area contributed by atoms with Crippen molar-refractivity contribution in [1.82, 2.24) is 10.2 Å². The third-order valence-corrected chi connectivity index (χ3v) is 4.33. The monoisotopic (exact) mass is 270 g/mol. The van der Waals surface area contributed by atoms with E-state index in [2.05, 4.69) is 17.3 Å². The maximum absolute atomic E-state index is 9.76. The molecule has 1 unspecified atom stereocenters. The summed E-state index contributed by atoms with van der Waals surface area (Å²) < 4.78 is 5.48. The maximum atomic E-state index is 9.76. The number of hydrogen-bond donors (Lipinski definition) is 2. The van der Waals surface area contributed by atoms with Crippen LogP contribution in [0.25, 0.3) is 0 Å². The van der Waals surface area contributed by atoms with Gasteiger partial charge in [-0.05, 0) is 38.6 Å². The van der Waals surface area contributed by atoms with Crippen molar-refractivity contribution >= 4 is 0 Å². The van der Waals surface area contributed by atoms with E-state index in [1.165, 1.54) is 38.5 Å². The van der Waals surface area contributed by atoms with Crippen molar-refractivity contribution < 1.29 is 9.84 Å². The topological polar surface area (TPSA) is 44.7 Å². The Hall–Kier alpha value is -0.160. The standard InChI is InChI=1S/C15H30N2O2/c1-17(14-4-2-3-5-14)9-8-16-10-15(18)12-19-11-13-6-7-13/h13-16,18H,2-12H2,1H3. The summed E-state index contributed by atoms with van der Waals surface area (Å²) in [5.74, 6) is 0.778. The second-order valence-corrected chi connectivity index (χ2v) is 6.26. The number of ether oxygens (including phenoxy) is 1. The number of nitrogens with one attached hydrogen (secondary N) is 1. The molecule has 2 rings (SSSR count). The summed E-state index contributed by atoms with van der Waals surface area (Å²) in [6.07, 6.45) is 7.74. The average molecular weight is 270 g/mol. The van der Waals surface area contributed by atoms with Crippen LogP contribution in [0.15, 0.2) is 0 Å². The van der Waals surface area contributed by atoms with Gasteiger partial charge in [0.1, 0.15) is 0 Å². The van der Waals surface area contributed by atoms with E-state index in [4.69, 9.17) is 4.74 Å². The van der Waals surface area contributed by atoms with Gasteiger partial charge in [0, 0.05) is 32.3 Å². The van der Waals surface area contributed by atoms with E-state index in [1.54, 1.807) is 0 Å². The van der Waals surface area contributed by atoms with Gasteiger partial charge in [0.05, 0.1) is 12.7 Å². The molecule has 1 atom stereocenters. The first-order valence-corrected chi connectivity index (χ1v) is 7.92. The third-order valence-electron chi connectivity index (χ3n) is 4.33. The van der Waals surface area contributed by atoms with Gasteiger partial charge in [-0.1, -0.05) is 12.8 Å². The van der Waals surface area contributed by atoms with Gasteiger partial charge in [-0.2, -0.15) is 0 Å². The van der Waals surface area contributed by atoms with E-state index < -0.39 is 0 Å². The molecule has 0 amide bonds. The van der Waals surface area contributed by atoms with Crippen molar-refractivity contribution in [1.29, 1.82) is 0 Å². The minimum absolute atomic E-state index is 0.365. The fourth-order valence-corrected chi connectivity index (χ4v) is 2.77. The summed E-state index contributed by atoms with van der Waals surface area (Å²) >= 11 is 0. The molecule has 19 heavy (non-hydrogen) atoms. The van der Waals surface area contributed by atoms with E-state index in [9.17, 15) is 5.11 Å². The number of nitrogens with zero attached hydrogens (tertiary/aromatic N) is 1. The Bertz CT molecular complexity index is 240. The summed E-state index contributed by atoms with van der Waals surface area (Å²) in [6, 6.07) is 0.786. The predicted molar refractivity (Wildman–Crippen MR) is 77.3 cm³/mol. The average Bonchev–Trinajstić information content (AvgIpc) is 3.06. The van der Waals surface area contributed by atoms with Gasteiger partial charge < -0.3 is 20.1 Å². The molecule has 0 spiro atoms. The van der Waals surface area contributed by atoms with E-state index in [1.807, 2.05) is 0 Å². The summed E-state index contributed by atoms with van der Waals surface area (Å²) in [5, 5.41) is 13.1. The molecular formula is C15H30N2O2. The normalized spacial score (nSPS) is 22.3. The lowest BCUT2D eigenvalue weighted by Crippen LogP contribution is -2.38. The second-order valence-electron chi connectivity index (χ2n) is 6.26. The Balaban J connectivity index is 1.41. The van der Waals surface area contributed by atoms with Gasteiger partial charge in [0.15, 0.2) is 0 Å². The van der Waals surface area contributed by atoms with Crippen LogP contribution in [-0.2, 0) is 4.74 Å². The van der Waals surface area contributed by atoms with Crippen molar-refractivity contribution in [2.24, 2.45) is 5.92 Å². The summed E-state index contributed by atoms with van der Waals surface area (Å²) in [5.41, 5.74) is 0. The SMILES string of the molecule is CN(CCNCC(O)COCC1CC1)C1CCCC1. The molecule has 2 aliphatic carbocycles. The van der Waals surface area contributed by atoms with Crippen molar-refractivity contribution in [2.75, 3.05) is 39.9 Å². The van der Waals surface area contributed by atoms with Gasteiger partial charge in [0.25, 0.3) is 0 Å². The number of rotatable bonds is 10. The molecule has 4 nitrogen and oxygen atoms in total. The first kappa shape index (κ1) is 15.2. The van der Waals surface area contributed by atoms with Gasteiger partial charge in [-0.25, -0.2) is 0 Å². The van der Waals surface area contributed by atoms with E-state index in [0.717, 1.165) is 31.7 Å². The Morgan fingerprint density at radius 3 is 2.68 bits per heavy atom. The van der Waals surface area contributed by atoms with Gasteiger partial charge in [0.2, 0.25) is 0 Å². The van der Waals surface area contributed by atoms with E-state index in [0.29, 0.717) is 13.2 Å². The van der Waals surface area contributed by atoms with Crippen molar-refractivity contribution in [3.8, 4) is 0 Å². The Labute approximate surface area is 117 Å². The highest BCUT2D eigenvalue weighted by atomic mass is 16.5. The van der Waals surface area contributed by atoms with Gasteiger partial charge >= 0.3 is 0 Å². The Morgan fingerprint density at radius 2 is 2.00 bits per heavy atom. The molecule has 0 aliphatic heterocycles. The maximum Gasteiger partial charge on any atom is 0.0897 e. The molecule has 0 heterocycles. The molecule has 2 fully saturated rings. The van der Waals surface area contributed by atoms with Crippen LogP contribution in [0.2, 0.25) is 0 Å². The minimum Gasteiger partial charge on any atom is -0.389 e. The number of aliphatic hydroxyl groups excluding tert-OH is 1. The molecule has 0 saturated heterocycles. The molecule has 0 aromatic heterocycles. The van der Waals surface area contributed by atoms with E-state index in [-0.39, 0.29) is 6.10 Å². The molecule has 0 bridgehead atoms. The van der Waals surface area contributed by atoms with Gasteiger partial charge in [-0.3, -0.25) is 0 Å². The number of aliphatic hydroxyl groups is 1. The van der Waals surface area contributed by atoms with Crippen LogP contribution >= 0.6 is 0 Å². The fourth-order valence-electron chi connectivity index (χ4n) is 2.77. The smallest absolute Gasteiger partial charge is 0.0897 e.